The van der Waals surface area contributed by atoms with Crippen molar-refractivity contribution in [2.24, 2.45) is 0 Å². The van der Waals surface area contributed by atoms with E-state index in [1.165, 1.54) is 5.56 Å². The number of benzene rings is 2. The van der Waals surface area contributed by atoms with Crippen molar-refractivity contribution in [1.29, 1.82) is 0 Å². The van der Waals surface area contributed by atoms with Gasteiger partial charge in [0.15, 0.2) is 0 Å². The van der Waals surface area contributed by atoms with Gasteiger partial charge in [-0.1, -0.05) is 44.0 Å². The molecule has 1 unspecified atom stereocenters. The summed E-state index contributed by atoms with van der Waals surface area (Å²) >= 11 is 1.64. The van der Waals surface area contributed by atoms with Gasteiger partial charge in [0.1, 0.15) is 5.37 Å². The fourth-order valence-electron chi connectivity index (χ4n) is 3.42. The minimum atomic E-state index is -0.0395. The Hall–Kier alpha value is -2.27. The van der Waals surface area contributed by atoms with Gasteiger partial charge in [-0.15, -0.1) is 11.8 Å². The molecule has 0 bridgehead atoms. The number of amides is 2. The lowest BCUT2D eigenvalue weighted by atomic mass is 10.1. The highest BCUT2D eigenvalue weighted by Crippen LogP contribution is 2.43. The van der Waals surface area contributed by atoms with Gasteiger partial charge in [0.05, 0.1) is 5.75 Å². The Labute approximate surface area is 171 Å². The zero-order valence-corrected chi connectivity index (χ0v) is 17.6. The lowest BCUT2D eigenvalue weighted by Gasteiger charge is -2.26. The van der Waals surface area contributed by atoms with Crippen LogP contribution in [0.5, 0.6) is 0 Å². The van der Waals surface area contributed by atoms with Crippen LogP contribution >= 0.6 is 11.8 Å². The normalized spacial score (nSPS) is 16.5. The summed E-state index contributed by atoms with van der Waals surface area (Å²) in [6, 6.07) is 14.0. The standard InChI is InChI=1S/C23H28N2O2S/c1-4-5-6-10-21(26)24-19-13-11-18(12-14-19)23-25(22(27)15-28-23)20-9-7-8-16(2)17(20)3/h7-9,11-14,23H,4-6,10,15H2,1-3H3,(H,24,26). The van der Waals surface area contributed by atoms with Crippen molar-refractivity contribution < 1.29 is 9.59 Å². The first-order valence-corrected chi connectivity index (χ1v) is 11.0. The Balaban J connectivity index is 1.74. The van der Waals surface area contributed by atoms with E-state index in [0.29, 0.717) is 12.2 Å². The van der Waals surface area contributed by atoms with Crippen molar-refractivity contribution in [2.75, 3.05) is 16.0 Å². The van der Waals surface area contributed by atoms with E-state index >= 15 is 0 Å². The number of rotatable bonds is 7. The number of carbonyl (C=O) groups excluding carboxylic acids is 2. The van der Waals surface area contributed by atoms with E-state index in [2.05, 4.69) is 32.2 Å². The van der Waals surface area contributed by atoms with Crippen LogP contribution in [0, 0.1) is 13.8 Å². The minimum absolute atomic E-state index is 0.0395. The fourth-order valence-corrected chi connectivity index (χ4v) is 4.59. The summed E-state index contributed by atoms with van der Waals surface area (Å²) in [5.74, 6) is 0.675. The molecule has 1 fully saturated rings. The molecule has 0 spiro atoms. The maximum atomic E-state index is 12.6. The molecule has 1 N–H and O–H groups in total. The lowest BCUT2D eigenvalue weighted by molar-refractivity contribution is -0.116. The number of hydrogen-bond donors (Lipinski definition) is 1. The average Bonchev–Trinajstić information content (AvgIpc) is 3.06. The molecule has 0 saturated carbocycles. The predicted octanol–water partition coefficient (Wildman–Crippen LogP) is 5.60. The summed E-state index contributed by atoms with van der Waals surface area (Å²) in [6.45, 7) is 6.26. The van der Waals surface area contributed by atoms with Crippen LogP contribution in [-0.4, -0.2) is 17.6 Å². The molecule has 1 saturated heterocycles. The van der Waals surface area contributed by atoms with E-state index in [-0.39, 0.29) is 17.2 Å². The summed E-state index contributed by atoms with van der Waals surface area (Å²) in [6.07, 6.45) is 3.67. The quantitative estimate of drug-likeness (QED) is 0.620. The van der Waals surface area contributed by atoms with Crippen LogP contribution in [-0.2, 0) is 9.59 Å². The van der Waals surface area contributed by atoms with Gasteiger partial charge in [-0.05, 0) is 55.2 Å². The molecule has 0 aliphatic carbocycles. The second kappa shape index (κ2) is 9.28. The molecule has 2 aromatic rings. The van der Waals surface area contributed by atoms with E-state index in [0.717, 1.165) is 41.8 Å². The molecule has 1 heterocycles. The molecule has 5 heteroatoms. The number of nitrogens with zero attached hydrogens (tertiary/aromatic N) is 1. The highest BCUT2D eigenvalue weighted by Gasteiger charge is 2.34. The zero-order chi connectivity index (χ0) is 20.1. The first kappa shape index (κ1) is 20.5. The first-order chi connectivity index (χ1) is 13.5. The van der Waals surface area contributed by atoms with Gasteiger partial charge in [0.2, 0.25) is 11.8 Å². The van der Waals surface area contributed by atoms with E-state index in [1.807, 2.05) is 41.3 Å². The number of thioether (sulfide) groups is 1. The highest BCUT2D eigenvalue weighted by molar-refractivity contribution is 8.00. The van der Waals surface area contributed by atoms with Crippen LogP contribution < -0.4 is 10.2 Å². The van der Waals surface area contributed by atoms with Crippen LogP contribution in [0.1, 0.15) is 54.7 Å². The molecular weight excluding hydrogens is 368 g/mol. The molecule has 3 rings (SSSR count). The maximum Gasteiger partial charge on any atom is 0.238 e. The summed E-state index contributed by atoms with van der Waals surface area (Å²) in [5.41, 5.74) is 5.17. The van der Waals surface area contributed by atoms with E-state index in [9.17, 15) is 9.59 Å². The zero-order valence-electron chi connectivity index (χ0n) is 16.8. The third-order valence-electron chi connectivity index (χ3n) is 5.19. The van der Waals surface area contributed by atoms with Crippen molar-refractivity contribution in [3.8, 4) is 0 Å². The van der Waals surface area contributed by atoms with Gasteiger partial charge in [-0.25, -0.2) is 0 Å². The van der Waals surface area contributed by atoms with Crippen molar-refractivity contribution in [1.82, 2.24) is 0 Å². The van der Waals surface area contributed by atoms with E-state index in [4.69, 9.17) is 0 Å². The van der Waals surface area contributed by atoms with E-state index in [1.54, 1.807) is 11.8 Å². The second-order valence-electron chi connectivity index (χ2n) is 7.27. The van der Waals surface area contributed by atoms with Gasteiger partial charge in [0, 0.05) is 17.8 Å². The summed E-state index contributed by atoms with van der Waals surface area (Å²) < 4.78 is 0. The summed E-state index contributed by atoms with van der Waals surface area (Å²) in [4.78, 5) is 26.5. The largest absolute Gasteiger partial charge is 0.326 e. The van der Waals surface area contributed by atoms with Crippen LogP contribution in [0.4, 0.5) is 11.4 Å². The van der Waals surface area contributed by atoms with Crippen molar-refractivity contribution in [2.45, 2.75) is 51.8 Å². The molecule has 4 nitrogen and oxygen atoms in total. The van der Waals surface area contributed by atoms with Crippen molar-refractivity contribution in [3.05, 3.63) is 59.2 Å². The third-order valence-corrected chi connectivity index (χ3v) is 6.40. The van der Waals surface area contributed by atoms with Gasteiger partial charge in [-0.2, -0.15) is 0 Å². The number of nitrogens with one attached hydrogen (secondary N) is 1. The molecule has 148 valence electrons. The molecule has 1 atom stereocenters. The molecule has 1 aliphatic rings. The topological polar surface area (TPSA) is 49.4 Å². The first-order valence-electron chi connectivity index (χ1n) is 9.91. The van der Waals surface area contributed by atoms with Crippen LogP contribution in [0.2, 0.25) is 0 Å². The van der Waals surface area contributed by atoms with Gasteiger partial charge in [0.25, 0.3) is 0 Å². The van der Waals surface area contributed by atoms with Crippen molar-refractivity contribution >= 4 is 35.0 Å². The Kier molecular flexibility index (Phi) is 6.79. The van der Waals surface area contributed by atoms with Crippen molar-refractivity contribution in [3.63, 3.8) is 0 Å². The molecule has 28 heavy (non-hydrogen) atoms. The fraction of sp³-hybridized carbons (Fsp3) is 0.391. The molecule has 2 aromatic carbocycles. The van der Waals surface area contributed by atoms with Crippen LogP contribution in [0.15, 0.2) is 42.5 Å². The van der Waals surface area contributed by atoms with Crippen LogP contribution in [0.3, 0.4) is 0 Å². The molecule has 0 aromatic heterocycles. The highest BCUT2D eigenvalue weighted by atomic mass is 32.2. The van der Waals surface area contributed by atoms with E-state index < -0.39 is 0 Å². The Morgan fingerprint density at radius 3 is 2.61 bits per heavy atom. The van der Waals surface area contributed by atoms with Gasteiger partial charge in [-0.3, -0.25) is 14.5 Å². The van der Waals surface area contributed by atoms with Crippen LogP contribution in [0.25, 0.3) is 0 Å². The number of unbranched alkanes of at least 4 members (excludes halogenated alkanes) is 2. The van der Waals surface area contributed by atoms with Gasteiger partial charge >= 0.3 is 0 Å². The monoisotopic (exact) mass is 396 g/mol. The Morgan fingerprint density at radius 1 is 1.14 bits per heavy atom. The molecule has 2 amide bonds. The smallest absolute Gasteiger partial charge is 0.238 e. The average molecular weight is 397 g/mol. The predicted molar refractivity (Wildman–Crippen MR) is 118 cm³/mol. The Morgan fingerprint density at radius 2 is 1.89 bits per heavy atom. The number of hydrogen-bond acceptors (Lipinski definition) is 3. The second-order valence-corrected chi connectivity index (χ2v) is 8.34. The molecule has 1 aliphatic heterocycles. The maximum absolute atomic E-state index is 12.6. The van der Waals surface area contributed by atoms with Gasteiger partial charge < -0.3 is 5.32 Å². The SMILES string of the molecule is CCCCCC(=O)Nc1ccc(C2SCC(=O)N2c2cccc(C)c2C)cc1. The summed E-state index contributed by atoms with van der Waals surface area (Å²) in [5, 5.41) is 2.92. The Bertz CT molecular complexity index is 848. The summed E-state index contributed by atoms with van der Waals surface area (Å²) in [7, 11) is 0. The number of carbonyl (C=O) groups is 2. The molecular formula is C23H28N2O2S. The molecule has 0 radical (unpaired) electrons. The lowest BCUT2D eigenvalue weighted by Crippen LogP contribution is -2.28. The third kappa shape index (κ3) is 4.58. The number of aryl methyl sites for hydroxylation is 1. The minimum Gasteiger partial charge on any atom is -0.326 e. The number of anilines is 2.